The largest absolute Gasteiger partial charge is 0.348 e. The molecule has 0 spiro atoms. The van der Waals surface area contributed by atoms with Crippen LogP contribution in [0.25, 0.3) is 0 Å². The average molecular weight is 380 g/mol. The highest BCUT2D eigenvalue weighted by Crippen LogP contribution is 2.30. The van der Waals surface area contributed by atoms with Crippen molar-refractivity contribution in [3.8, 4) is 0 Å². The highest BCUT2D eigenvalue weighted by molar-refractivity contribution is 7.91. The topological polar surface area (TPSA) is 86.4 Å². The zero-order valence-corrected chi connectivity index (χ0v) is 15.5. The molecule has 0 aromatic carbocycles. The van der Waals surface area contributed by atoms with Gasteiger partial charge in [0.05, 0.1) is 34.4 Å². The van der Waals surface area contributed by atoms with Crippen molar-refractivity contribution in [2.75, 3.05) is 24.6 Å². The molecular weight excluding hydrogens is 360 g/mol. The summed E-state index contributed by atoms with van der Waals surface area (Å²) in [5, 5.41) is 1.87. The van der Waals surface area contributed by atoms with E-state index in [2.05, 4.69) is 14.9 Å². The van der Waals surface area contributed by atoms with Crippen molar-refractivity contribution in [2.24, 2.45) is 0 Å². The summed E-state index contributed by atoms with van der Waals surface area (Å²) < 4.78 is 24.6. The Morgan fingerprint density at radius 2 is 2.16 bits per heavy atom. The van der Waals surface area contributed by atoms with Gasteiger partial charge in [-0.15, -0.1) is 11.3 Å². The summed E-state index contributed by atoms with van der Waals surface area (Å²) >= 11 is 1.40. The number of piperazine rings is 1. The van der Waals surface area contributed by atoms with E-state index in [1.807, 2.05) is 18.4 Å². The first-order valence-electron chi connectivity index (χ1n) is 8.22. The maximum Gasteiger partial charge on any atom is 0.264 e. The number of aromatic amines is 1. The standard InChI is InChI=1S/C16H20N4O3S2/c1-11-12(18-10-17-11)7-19-4-5-20(16(21)15-3-2-6-24-15)14-9-25(22,23)8-13(14)19/h2-3,6,10,13-14H,4-5,7-9H2,1H3,(H,17,18)/t13-,14+/m1/s1. The van der Waals surface area contributed by atoms with Crippen LogP contribution in [0.4, 0.5) is 0 Å². The molecule has 9 heteroatoms. The van der Waals surface area contributed by atoms with E-state index in [0.717, 1.165) is 11.4 Å². The molecule has 7 nitrogen and oxygen atoms in total. The molecule has 4 heterocycles. The van der Waals surface area contributed by atoms with Crippen molar-refractivity contribution >= 4 is 27.1 Å². The fourth-order valence-electron chi connectivity index (χ4n) is 3.75. The molecular formula is C16H20N4O3S2. The maximum absolute atomic E-state index is 12.8. The lowest BCUT2D eigenvalue weighted by molar-refractivity contribution is 0.0306. The number of aryl methyl sites for hydroxylation is 1. The monoisotopic (exact) mass is 380 g/mol. The molecule has 4 rings (SSSR count). The number of imidazole rings is 1. The zero-order valence-electron chi connectivity index (χ0n) is 13.9. The van der Waals surface area contributed by atoms with Crippen molar-refractivity contribution in [2.45, 2.75) is 25.6 Å². The fraction of sp³-hybridized carbons (Fsp3) is 0.500. The predicted octanol–water partition coefficient (Wildman–Crippen LogP) is 0.903. The number of rotatable bonds is 3. The van der Waals surface area contributed by atoms with E-state index in [4.69, 9.17) is 0 Å². The van der Waals surface area contributed by atoms with E-state index < -0.39 is 9.84 Å². The summed E-state index contributed by atoms with van der Waals surface area (Å²) in [6, 6.07) is 3.19. The van der Waals surface area contributed by atoms with Gasteiger partial charge in [0.25, 0.3) is 5.91 Å². The van der Waals surface area contributed by atoms with Crippen LogP contribution in [0.15, 0.2) is 23.8 Å². The second-order valence-electron chi connectivity index (χ2n) is 6.63. The number of hydrogen-bond acceptors (Lipinski definition) is 6. The molecule has 0 saturated carbocycles. The van der Waals surface area contributed by atoms with Gasteiger partial charge in [0.2, 0.25) is 0 Å². The van der Waals surface area contributed by atoms with Gasteiger partial charge in [-0.05, 0) is 18.4 Å². The summed E-state index contributed by atoms with van der Waals surface area (Å²) in [4.78, 5) is 24.8. The SMILES string of the molecule is Cc1[nH]cnc1CN1CCN(C(=O)c2cccs2)[C@H]2CS(=O)(=O)C[C@H]21. The zero-order chi connectivity index (χ0) is 17.6. The van der Waals surface area contributed by atoms with E-state index in [1.54, 1.807) is 17.3 Å². The predicted molar refractivity (Wildman–Crippen MR) is 95.3 cm³/mol. The van der Waals surface area contributed by atoms with Crippen molar-refractivity contribution < 1.29 is 13.2 Å². The second-order valence-corrected chi connectivity index (χ2v) is 9.73. The van der Waals surface area contributed by atoms with Gasteiger partial charge >= 0.3 is 0 Å². The molecule has 2 fully saturated rings. The smallest absolute Gasteiger partial charge is 0.264 e. The van der Waals surface area contributed by atoms with Gasteiger partial charge in [-0.25, -0.2) is 13.4 Å². The summed E-state index contributed by atoms with van der Waals surface area (Å²) in [5.41, 5.74) is 1.93. The lowest BCUT2D eigenvalue weighted by Gasteiger charge is -2.43. The Morgan fingerprint density at radius 1 is 1.36 bits per heavy atom. The van der Waals surface area contributed by atoms with Gasteiger partial charge in [0, 0.05) is 31.4 Å². The third-order valence-electron chi connectivity index (χ3n) is 5.07. The van der Waals surface area contributed by atoms with E-state index in [1.165, 1.54) is 11.3 Å². The number of carbonyl (C=O) groups excluding carboxylic acids is 1. The lowest BCUT2D eigenvalue weighted by atomic mass is 10.0. The van der Waals surface area contributed by atoms with Crippen LogP contribution in [0, 0.1) is 6.92 Å². The Bertz CT molecular complexity index is 875. The number of aromatic nitrogens is 2. The molecule has 2 atom stereocenters. The van der Waals surface area contributed by atoms with Crippen molar-refractivity contribution in [1.82, 2.24) is 19.8 Å². The van der Waals surface area contributed by atoms with E-state index >= 15 is 0 Å². The van der Waals surface area contributed by atoms with Gasteiger partial charge in [0.1, 0.15) is 0 Å². The minimum atomic E-state index is -3.15. The van der Waals surface area contributed by atoms with Gasteiger partial charge < -0.3 is 9.88 Å². The van der Waals surface area contributed by atoms with Crippen LogP contribution >= 0.6 is 11.3 Å². The molecule has 0 radical (unpaired) electrons. The Balaban J connectivity index is 1.60. The number of sulfone groups is 1. The van der Waals surface area contributed by atoms with Gasteiger partial charge in [-0.1, -0.05) is 6.07 Å². The molecule has 0 bridgehead atoms. The molecule has 25 heavy (non-hydrogen) atoms. The number of carbonyl (C=O) groups is 1. The van der Waals surface area contributed by atoms with Crippen LogP contribution < -0.4 is 0 Å². The average Bonchev–Trinajstić information content (AvgIpc) is 3.27. The molecule has 2 aliphatic rings. The third kappa shape index (κ3) is 3.11. The lowest BCUT2D eigenvalue weighted by Crippen LogP contribution is -2.60. The Morgan fingerprint density at radius 3 is 2.84 bits per heavy atom. The molecule has 134 valence electrons. The van der Waals surface area contributed by atoms with Crippen molar-refractivity contribution in [1.29, 1.82) is 0 Å². The fourth-order valence-corrected chi connectivity index (χ4v) is 6.44. The van der Waals surface area contributed by atoms with E-state index in [0.29, 0.717) is 24.5 Å². The van der Waals surface area contributed by atoms with E-state index in [9.17, 15) is 13.2 Å². The van der Waals surface area contributed by atoms with Crippen LogP contribution in [0.3, 0.4) is 0 Å². The number of hydrogen-bond donors (Lipinski definition) is 1. The van der Waals surface area contributed by atoms with Crippen LogP contribution in [0.2, 0.25) is 0 Å². The van der Waals surface area contributed by atoms with Crippen LogP contribution in [0.5, 0.6) is 0 Å². The minimum absolute atomic E-state index is 0.0465. The molecule has 1 amide bonds. The third-order valence-corrected chi connectivity index (χ3v) is 7.63. The molecule has 0 unspecified atom stereocenters. The molecule has 2 aliphatic heterocycles. The molecule has 2 aromatic rings. The highest BCUT2D eigenvalue weighted by Gasteiger charge is 2.48. The minimum Gasteiger partial charge on any atom is -0.348 e. The quantitative estimate of drug-likeness (QED) is 0.855. The number of thiophene rings is 1. The molecule has 2 saturated heterocycles. The number of nitrogens with one attached hydrogen (secondary N) is 1. The Kier molecular flexibility index (Phi) is 4.17. The number of H-pyrrole nitrogens is 1. The molecule has 1 N–H and O–H groups in total. The van der Waals surface area contributed by atoms with E-state index in [-0.39, 0.29) is 29.5 Å². The maximum atomic E-state index is 12.8. The number of fused-ring (bicyclic) bond motifs is 1. The second kappa shape index (κ2) is 6.22. The summed E-state index contributed by atoms with van der Waals surface area (Å²) in [6.45, 7) is 3.76. The normalized spacial score (nSPS) is 25.9. The van der Waals surface area contributed by atoms with Crippen molar-refractivity contribution in [3.05, 3.63) is 40.1 Å². The molecule has 0 aliphatic carbocycles. The highest BCUT2D eigenvalue weighted by atomic mass is 32.2. The first kappa shape index (κ1) is 16.7. The van der Waals surface area contributed by atoms with Crippen molar-refractivity contribution in [3.63, 3.8) is 0 Å². The Labute approximate surface area is 150 Å². The van der Waals surface area contributed by atoms with Crippen LogP contribution in [0.1, 0.15) is 21.1 Å². The van der Waals surface area contributed by atoms with Crippen LogP contribution in [-0.2, 0) is 16.4 Å². The Hall–Kier alpha value is -1.71. The summed E-state index contributed by atoms with van der Waals surface area (Å²) in [7, 11) is -3.15. The first-order chi connectivity index (χ1) is 11.9. The number of nitrogens with zero attached hydrogens (tertiary/aromatic N) is 3. The first-order valence-corrected chi connectivity index (χ1v) is 10.9. The van der Waals surface area contributed by atoms with Gasteiger partial charge in [-0.2, -0.15) is 0 Å². The summed E-state index contributed by atoms with van der Waals surface area (Å²) in [6.07, 6.45) is 1.66. The van der Waals surface area contributed by atoms with Gasteiger partial charge in [-0.3, -0.25) is 9.69 Å². The van der Waals surface area contributed by atoms with Gasteiger partial charge in [0.15, 0.2) is 9.84 Å². The molecule has 2 aromatic heterocycles. The summed E-state index contributed by atoms with van der Waals surface area (Å²) in [5.74, 6) is 0.0953. The van der Waals surface area contributed by atoms with Crippen LogP contribution in [-0.4, -0.2) is 70.8 Å². The number of amides is 1.